The van der Waals surface area contributed by atoms with Crippen LogP contribution in [0.25, 0.3) is 0 Å². The Morgan fingerprint density at radius 2 is 2.09 bits per heavy atom. The van der Waals surface area contributed by atoms with Gasteiger partial charge in [0.15, 0.2) is 0 Å². The molecule has 0 radical (unpaired) electrons. The van der Waals surface area contributed by atoms with E-state index >= 15 is 0 Å². The van der Waals surface area contributed by atoms with E-state index < -0.39 is 0 Å². The van der Waals surface area contributed by atoms with E-state index in [0.29, 0.717) is 13.0 Å². The molecule has 11 heavy (non-hydrogen) atoms. The van der Waals surface area contributed by atoms with Crippen LogP contribution in [0.5, 0.6) is 0 Å². The molecule has 0 heterocycles. The zero-order valence-corrected chi connectivity index (χ0v) is 7.21. The van der Waals surface area contributed by atoms with Crippen molar-refractivity contribution in [2.75, 3.05) is 13.2 Å². The molecule has 1 unspecified atom stereocenters. The standard InChI is InChI=1S/C8H19NO2/c1-2-3-5-8(11)9-6-4-7-10/h8-11H,2-7H2,1H3. The minimum absolute atomic E-state index is 0.188. The summed E-state index contributed by atoms with van der Waals surface area (Å²) < 4.78 is 0. The van der Waals surface area contributed by atoms with Gasteiger partial charge in [-0.2, -0.15) is 0 Å². The summed E-state index contributed by atoms with van der Waals surface area (Å²) in [5.41, 5.74) is 0. The van der Waals surface area contributed by atoms with Gasteiger partial charge in [-0.25, -0.2) is 0 Å². The van der Waals surface area contributed by atoms with Crippen molar-refractivity contribution in [1.29, 1.82) is 0 Å². The molecule has 0 saturated heterocycles. The zero-order valence-electron chi connectivity index (χ0n) is 7.21. The summed E-state index contributed by atoms with van der Waals surface area (Å²) in [6, 6.07) is 0. The Balaban J connectivity index is 3.02. The number of aliphatic hydroxyl groups is 2. The van der Waals surface area contributed by atoms with E-state index in [2.05, 4.69) is 12.2 Å². The second kappa shape index (κ2) is 7.98. The zero-order chi connectivity index (χ0) is 8.53. The van der Waals surface area contributed by atoms with Crippen molar-refractivity contribution in [3.8, 4) is 0 Å². The molecule has 3 heteroatoms. The van der Waals surface area contributed by atoms with Crippen LogP contribution in [0, 0.1) is 0 Å². The highest BCUT2D eigenvalue weighted by atomic mass is 16.3. The molecule has 0 aromatic carbocycles. The average Bonchev–Trinajstić information content (AvgIpc) is 2.01. The minimum atomic E-state index is -0.388. The smallest absolute Gasteiger partial charge is 0.104 e. The molecule has 0 aliphatic rings. The van der Waals surface area contributed by atoms with E-state index in [9.17, 15) is 5.11 Å². The van der Waals surface area contributed by atoms with Crippen molar-refractivity contribution in [3.05, 3.63) is 0 Å². The number of rotatable bonds is 7. The lowest BCUT2D eigenvalue weighted by molar-refractivity contribution is 0.122. The third kappa shape index (κ3) is 7.78. The monoisotopic (exact) mass is 161 g/mol. The van der Waals surface area contributed by atoms with Gasteiger partial charge in [0.2, 0.25) is 0 Å². The molecule has 0 aliphatic carbocycles. The lowest BCUT2D eigenvalue weighted by Gasteiger charge is -2.10. The van der Waals surface area contributed by atoms with Gasteiger partial charge in [0, 0.05) is 6.61 Å². The van der Waals surface area contributed by atoms with Gasteiger partial charge in [-0.15, -0.1) is 0 Å². The highest BCUT2D eigenvalue weighted by Crippen LogP contribution is 1.96. The molecule has 0 amide bonds. The van der Waals surface area contributed by atoms with Gasteiger partial charge in [0.25, 0.3) is 0 Å². The number of hydrogen-bond donors (Lipinski definition) is 3. The van der Waals surface area contributed by atoms with Crippen LogP contribution < -0.4 is 5.32 Å². The van der Waals surface area contributed by atoms with Crippen LogP contribution in [0.3, 0.4) is 0 Å². The molecular weight excluding hydrogens is 142 g/mol. The van der Waals surface area contributed by atoms with E-state index in [1.165, 1.54) is 0 Å². The van der Waals surface area contributed by atoms with E-state index in [0.717, 1.165) is 19.3 Å². The van der Waals surface area contributed by atoms with Gasteiger partial charge in [-0.1, -0.05) is 13.3 Å². The summed E-state index contributed by atoms with van der Waals surface area (Å²) in [6.07, 6.45) is 3.29. The lowest BCUT2D eigenvalue weighted by atomic mass is 10.2. The Morgan fingerprint density at radius 1 is 1.36 bits per heavy atom. The predicted molar refractivity (Wildman–Crippen MR) is 45.2 cm³/mol. The van der Waals surface area contributed by atoms with Gasteiger partial charge >= 0.3 is 0 Å². The first kappa shape index (κ1) is 10.9. The van der Waals surface area contributed by atoms with Crippen molar-refractivity contribution in [2.45, 2.75) is 38.8 Å². The minimum Gasteiger partial charge on any atom is -0.396 e. The quantitative estimate of drug-likeness (QED) is 0.376. The molecule has 0 aromatic rings. The van der Waals surface area contributed by atoms with Gasteiger partial charge < -0.3 is 10.2 Å². The van der Waals surface area contributed by atoms with Crippen molar-refractivity contribution < 1.29 is 10.2 Å². The Kier molecular flexibility index (Phi) is 7.89. The Hall–Kier alpha value is -0.120. The molecule has 68 valence electrons. The molecule has 0 aliphatic heterocycles. The van der Waals surface area contributed by atoms with Crippen LogP contribution in [0.1, 0.15) is 32.6 Å². The third-order valence-corrected chi connectivity index (χ3v) is 1.55. The predicted octanol–water partition coefficient (Wildman–Crippen LogP) is 0.467. The molecule has 3 N–H and O–H groups in total. The third-order valence-electron chi connectivity index (χ3n) is 1.55. The van der Waals surface area contributed by atoms with Crippen molar-refractivity contribution >= 4 is 0 Å². The molecule has 0 fully saturated rings. The topological polar surface area (TPSA) is 52.5 Å². The summed E-state index contributed by atoms with van der Waals surface area (Å²) in [6.45, 7) is 2.98. The second-order valence-corrected chi connectivity index (χ2v) is 2.69. The first-order chi connectivity index (χ1) is 5.31. The Labute approximate surface area is 68.4 Å². The number of aliphatic hydroxyl groups excluding tert-OH is 2. The van der Waals surface area contributed by atoms with Crippen molar-refractivity contribution in [1.82, 2.24) is 5.32 Å². The molecular formula is C8H19NO2. The van der Waals surface area contributed by atoms with Crippen molar-refractivity contribution in [2.24, 2.45) is 0 Å². The van der Waals surface area contributed by atoms with Crippen LogP contribution in [-0.2, 0) is 0 Å². The molecule has 0 rings (SSSR count). The fraction of sp³-hybridized carbons (Fsp3) is 1.00. The van der Waals surface area contributed by atoms with E-state index in [-0.39, 0.29) is 12.8 Å². The maximum absolute atomic E-state index is 9.21. The van der Waals surface area contributed by atoms with E-state index in [1.807, 2.05) is 0 Å². The van der Waals surface area contributed by atoms with Crippen LogP contribution in [0.4, 0.5) is 0 Å². The summed E-state index contributed by atoms with van der Waals surface area (Å²) in [4.78, 5) is 0. The lowest BCUT2D eigenvalue weighted by Crippen LogP contribution is -2.29. The first-order valence-corrected chi connectivity index (χ1v) is 4.33. The van der Waals surface area contributed by atoms with Gasteiger partial charge in [0.1, 0.15) is 6.23 Å². The first-order valence-electron chi connectivity index (χ1n) is 4.33. The van der Waals surface area contributed by atoms with Crippen LogP contribution in [0.2, 0.25) is 0 Å². The number of hydrogen-bond acceptors (Lipinski definition) is 3. The number of unbranched alkanes of at least 4 members (excludes halogenated alkanes) is 1. The fourth-order valence-corrected chi connectivity index (χ4v) is 0.847. The van der Waals surface area contributed by atoms with Crippen molar-refractivity contribution in [3.63, 3.8) is 0 Å². The summed E-state index contributed by atoms with van der Waals surface area (Å²) in [5.74, 6) is 0. The van der Waals surface area contributed by atoms with E-state index in [1.54, 1.807) is 0 Å². The van der Waals surface area contributed by atoms with Crippen LogP contribution in [-0.4, -0.2) is 29.6 Å². The maximum atomic E-state index is 9.21. The molecule has 0 aromatic heterocycles. The number of nitrogens with one attached hydrogen (secondary N) is 1. The normalized spacial score (nSPS) is 13.4. The van der Waals surface area contributed by atoms with Gasteiger partial charge in [-0.05, 0) is 25.8 Å². The fourth-order valence-electron chi connectivity index (χ4n) is 0.847. The van der Waals surface area contributed by atoms with Crippen LogP contribution >= 0.6 is 0 Å². The molecule has 0 spiro atoms. The highest BCUT2D eigenvalue weighted by molar-refractivity contribution is 4.52. The van der Waals surface area contributed by atoms with E-state index in [4.69, 9.17) is 5.11 Å². The summed E-state index contributed by atoms with van der Waals surface area (Å²) in [7, 11) is 0. The largest absolute Gasteiger partial charge is 0.396 e. The molecule has 0 saturated carbocycles. The Bertz CT molecular complexity index is 78.5. The molecule has 1 atom stereocenters. The highest BCUT2D eigenvalue weighted by Gasteiger charge is 1.99. The van der Waals surface area contributed by atoms with Crippen LogP contribution in [0.15, 0.2) is 0 Å². The summed E-state index contributed by atoms with van der Waals surface area (Å²) >= 11 is 0. The SMILES string of the molecule is CCCCC(O)NCCCO. The maximum Gasteiger partial charge on any atom is 0.104 e. The second-order valence-electron chi connectivity index (χ2n) is 2.69. The van der Waals surface area contributed by atoms with Gasteiger partial charge in [-0.3, -0.25) is 5.32 Å². The average molecular weight is 161 g/mol. The molecule has 0 bridgehead atoms. The van der Waals surface area contributed by atoms with Gasteiger partial charge in [0.05, 0.1) is 0 Å². The summed E-state index contributed by atoms with van der Waals surface area (Å²) in [5, 5.41) is 20.6. The Morgan fingerprint density at radius 3 is 2.64 bits per heavy atom. The molecule has 3 nitrogen and oxygen atoms in total.